The van der Waals surface area contributed by atoms with Gasteiger partial charge in [0.25, 0.3) is 0 Å². The zero-order valence-electron chi connectivity index (χ0n) is 13.8. The molecule has 0 aliphatic carbocycles. The highest BCUT2D eigenvalue weighted by atomic mass is 19.1. The smallest absolute Gasteiger partial charge is 0.235 e. The molecule has 130 valence electrons. The van der Waals surface area contributed by atoms with E-state index in [4.69, 9.17) is 10.5 Å². The second kappa shape index (κ2) is 6.79. The fourth-order valence-corrected chi connectivity index (χ4v) is 2.78. The summed E-state index contributed by atoms with van der Waals surface area (Å²) in [5, 5.41) is 0.645. The van der Waals surface area contributed by atoms with Crippen molar-refractivity contribution in [3.63, 3.8) is 0 Å². The molecule has 26 heavy (non-hydrogen) atoms. The highest BCUT2D eigenvalue weighted by Gasteiger charge is 2.13. The summed E-state index contributed by atoms with van der Waals surface area (Å²) in [6.45, 7) is 0.413. The maximum Gasteiger partial charge on any atom is 0.235 e. The molecule has 2 aromatic carbocycles. The lowest BCUT2D eigenvalue weighted by Gasteiger charge is -2.12. The van der Waals surface area contributed by atoms with E-state index in [1.165, 1.54) is 12.1 Å². The number of aromatic nitrogens is 4. The van der Waals surface area contributed by atoms with Crippen LogP contribution in [-0.4, -0.2) is 26.1 Å². The van der Waals surface area contributed by atoms with Crippen LogP contribution in [0.5, 0.6) is 5.75 Å². The van der Waals surface area contributed by atoms with Gasteiger partial charge in [0.1, 0.15) is 17.9 Å². The van der Waals surface area contributed by atoms with E-state index in [-0.39, 0.29) is 0 Å². The number of halogens is 1. The molecule has 0 aliphatic rings. The number of imidazole rings is 1. The van der Waals surface area contributed by atoms with Crippen molar-refractivity contribution in [2.24, 2.45) is 0 Å². The van der Waals surface area contributed by atoms with Crippen LogP contribution in [0.15, 0.2) is 61.2 Å². The average molecular weight is 349 g/mol. The van der Waals surface area contributed by atoms with Gasteiger partial charge in [-0.2, -0.15) is 0 Å². The number of benzene rings is 2. The van der Waals surface area contributed by atoms with Crippen molar-refractivity contribution < 1.29 is 9.13 Å². The SMILES string of the molecule is Nc1cc(F)cc2nc(-n3ccnc3)nc(CCOc3ccccc3)c12. The van der Waals surface area contributed by atoms with Crippen LogP contribution < -0.4 is 10.5 Å². The molecular formula is C19H16FN5O. The van der Waals surface area contributed by atoms with E-state index >= 15 is 0 Å². The molecule has 0 spiro atoms. The molecule has 4 rings (SSSR count). The van der Waals surface area contributed by atoms with Crippen molar-refractivity contribution in [1.82, 2.24) is 19.5 Å². The van der Waals surface area contributed by atoms with E-state index < -0.39 is 5.82 Å². The molecule has 4 aromatic rings. The van der Waals surface area contributed by atoms with Gasteiger partial charge in [-0.15, -0.1) is 0 Å². The molecule has 2 heterocycles. The van der Waals surface area contributed by atoms with Crippen LogP contribution in [0, 0.1) is 5.82 Å². The summed E-state index contributed by atoms with van der Waals surface area (Å²) in [5.41, 5.74) is 7.50. The highest BCUT2D eigenvalue weighted by Crippen LogP contribution is 2.25. The number of ether oxygens (including phenoxy) is 1. The lowest BCUT2D eigenvalue weighted by molar-refractivity contribution is 0.321. The van der Waals surface area contributed by atoms with Crippen LogP contribution in [0.3, 0.4) is 0 Å². The number of rotatable bonds is 5. The van der Waals surface area contributed by atoms with E-state index in [2.05, 4.69) is 15.0 Å². The maximum absolute atomic E-state index is 13.8. The molecule has 2 N–H and O–H groups in total. The molecule has 0 atom stereocenters. The minimum atomic E-state index is -0.434. The summed E-state index contributed by atoms with van der Waals surface area (Å²) >= 11 is 0. The molecule has 0 unspecified atom stereocenters. The first-order valence-corrected chi connectivity index (χ1v) is 8.12. The van der Waals surface area contributed by atoms with Gasteiger partial charge in [-0.1, -0.05) is 18.2 Å². The van der Waals surface area contributed by atoms with Gasteiger partial charge >= 0.3 is 0 Å². The minimum Gasteiger partial charge on any atom is -0.493 e. The third kappa shape index (κ3) is 3.19. The monoisotopic (exact) mass is 349 g/mol. The van der Waals surface area contributed by atoms with E-state index in [0.29, 0.717) is 41.3 Å². The molecular weight excluding hydrogens is 333 g/mol. The van der Waals surface area contributed by atoms with E-state index in [1.807, 2.05) is 30.3 Å². The van der Waals surface area contributed by atoms with Crippen molar-refractivity contribution in [3.8, 4) is 11.7 Å². The summed E-state index contributed by atoms with van der Waals surface area (Å²) in [7, 11) is 0. The Labute approximate surface area is 149 Å². The van der Waals surface area contributed by atoms with Gasteiger partial charge in [0.05, 0.1) is 17.8 Å². The molecule has 0 bridgehead atoms. The van der Waals surface area contributed by atoms with Crippen LogP contribution in [0.25, 0.3) is 16.9 Å². The molecule has 0 radical (unpaired) electrons. The number of hydrogen-bond acceptors (Lipinski definition) is 5. The molecule has 0 fully saturated rings. The summed E-state index contributed by atoms with van der Waals surface area (Å²) in [5.74, 6) is 0.756. The lowest BCUT2D eigenvalue weighted by Crippen LogP contribution is -2.09. The Bertz CT molecular complexity index is 1030. The summed E-state index contributed by atoms with van der Waals surface area (Å²) in [6.07, 6.45) is 5.46. The summed E-state index contributed by atoms with van der Waals surface area (Å²) < 4.78 is 21.2. The third-order valence-electron chi connectivity index (χ3n) is 3.94. The van der Waals surface area contributed by atoms with Gasteiger partial charge in [0.2, 0.25) is 5.95 Å². The molecule has 7 heteroatoms. The number of fused-ring (bicyclic) bond motifs is 1. The van der Waals surface area contributed by atoms with Gasteiger partial charge in [-0.05, 0) is 18.2 Å². The molecule has 6 nitrogen and oxygen atoms in total. The molecule has 0 aliphatic heterocycles. The number of nitrogen functional groups attached to an aromatic ring is 1. The number of nitrogens with zero attached hydrogens (tertiary/aromatic N) is 4. The Morgan fingerprint density at radius 2 is 1.96 bits per heavy atom. The van der Waals surface area contributed by atoms with Crippen LogP contribution in [0.4, 0.5) is 10.1 Å². The third-order valence-corrected chi connectivity index (χ3v) is 3.94. The standard InChI is InChI=1S/C19H16FN5O/c20-13-10-15(21)18-16(6-9-26-14-4-2-1-3-5-14)23-19(24-17(18)11-13)25-8-7-22-12-25/h1-5,7-8,10-12H,6,9,21H2. The van der Waals surface area contributed by atoms with Crippen molar-refractivity contribution >= 4 is 16.6 Å². The number of nitrogens with two attached hydrogens (primary N) is 1. The summed E-state index contributed by atoms with van der Waals surface area (Å²) in [4.78, 5) is 13.0. The second-order valence-electron chi connectivity index (χ2n) is 5.74. The summed E-state index contributed by atoms with van der Waals surface area (Å²) in [6, 6.07) is 12.2. The van der Waals surface area contributed by atoms with Gasteiger partial charge in [0.15, 0.2) is 0 Å². The van der Waals surface area contributed by atoms with Crippen LogP contribution in [-0.2, 0) is 6.42 Å². The quantitative estimate of drug-likeness (QED) is 0.560. The van der Waals surface area contributed by atoms with Crippen LogP contribution in [0.2, 0.25) is 0 Å². The minimum absolute atomic E-state index is 0.312. The zero-order chi connectivity index (χ0) is 17.9. The molecule has 0 saturated heterocycles. The number of para-hydroxylation sites is 1. The van der Waals surface area contributed by atoms with Crippen molar-refractivity contribution in [2.75, 3.05) is 12.3 Å². The van der Waals surface area contributed by atoms with E-state index in [1.54, 1.807) is 23.3 Å². The molecule has 0 amide bonds. The zero-order valence-corrected chi connectivity index (χ0v) is 13.8. The predicted molar refractivity (Wildman–Crippen MR) is 96.7 cm³/mol. The second-order valence-corrected chi connectivity index (χ2v) is 5.74. The Kier molecular flexibility index (Phi) is 4.18. The largest absolute Gasteiger partial charge is 0.493 e. The Balaban J connectivity index is 1.71. The van der Waals surface area contributed by atoms with Crippen LogP contribution in [0.1, 0.15) is 5.69 Å². The Hall–Kier alpha value is -3.48. The molecule has 2 aromatic heterocycles. The Morgan fingerprint density at radius 3 is 2.73 bits per heavy atom. The number of anilines is 1. The van der Waals surface area contributed by atoms with Crippen molar-refractivity contribution in [2.45, 2.75) is 6.42 Å². The normalized spacial score (nSPS) is 11.0. The fraction of sp³-hybridized carbons (Fsp3) is 0.105. The van der Waals surface area contributed by atoms with Gasteiger partial charge in [-0.3, -0.25) is 4.57 Å². The maximum atomic E-state index is 13.8. The Morgan fingerprint density at radius 1 is 1.12 bits per heavy atom. The van der Waals surface area contributed by atoms with Gasteiger partial charge in [0, 0.05) is 36.0 Å². The van der Waals surface area contributed by atoms with E-state index in [0.717, 1.165) is 5.75 Å². The first-order valence-electron chi connectivity index (χ1n) is 8.12. The van der Waals surface area contributed by atoms with Crippen molar-refractivity contribution in [1.29, 1.82) is 0 Å². The lowest BCUT2D eigenvalue weighted by atomic mass is 10.1. The topological polar surface area (TPSA) is 78.9 Å². The number of hydrogen-bond donors (Lipinski definition) is 1. The van der Waals surface area contributed by atoms with Crippen LogP contribution >= 0.6 is 0 Å². The van der Waals surface area contributed by atoms with E-state index in [9.17, 15) is 4.39 Å². The van der Waals surface area contributed by atoms with Gasteiger partial charge < -0.3 is 10.5 Å². The fourth-order valence-electron chi connectivity index (χ4n) is 2.78. The predicted octanol–water partition coefficient (Wildman–Crippen LogP) is 3.16. The average Bonchev–Trinajstić information content (AvgIpc) is 3.16. The van der Waals surface area contributed by atoms with Crippen molar-refractivity contribution in [3.05, 3.63) is 72.7 Å². The highest BCUT2D eigenvalue weighted by molar-refractivity contribution is 5.92. The first-order chi connectivity index (χ1) is 12.7. The van der Waals surface area contributed by atoms with Gasteiger partial charge in [-0.25, -0.2) is 19.3 Å². The first kappa shape index (κ1) is 16.0. The molecule has 0 saturated carbocycles.